The molecule has 0 aliphatic carbocycles. The van der Waals surface area contributed by atoms with E-state index in [-0.39, 0.29) is 6.03 Å². The lowest BCUT2D eigenvalue weighted by atomic mass is 10.2. The number of benzene rings is 2. The maximum Gasteiger partial charge on any atom is 0.323 e. The summed E-state index contributed by atoms with van der Waals surface area (Å²) in [6, 6.07) is 17.3. The van der Waals surface area contributed by atoms with Gasteiger partial charge in [0, 0.05) is 23.1 Å². The molecule has 0 atom stereocenters. The van der Waals surface area contributed by atoms with Gasteiger partial charge in [-0.3, -0.25) is 0 Å². The number of anilines is 2. The van der Waals surface area contributed by atoms with E-state index in [1.807, 2.05) is 33.8 Å². The number of nitrogens with zero attached hydrogens (tertiary/aromatic N) is 4. The van der Waals surface area contributed by atoms with Gasteiger partial charge < -0.3 is 20.1 Å². The molecular weight excluding hydrogens is 432 g/mol. The largest absolute Gasteiger partial charge is 0.494 e. The first-order valence-corrected chi connectivity index (χ1v) is 10.9. The highest BCUT2D eigenvalue weighted by Gasteiger charge is 2.11. The summed E-state index contributed by atoms with van der Waals surface area (Å²) in [5.74, 6) is 2.31. The first-order valence-electron chi connectivity index (χ1n) is 10.9. The van der Waals surface area contributed by atoms with Crippen LogP contribution >= 0.6 is 0 Å². The molecule has 2 N–H and O–H groups in total. The lowest BCUT2D eigenvalue weighted by molar-refractivity contribution is 0.262. The standard InChI is InChI=1S/C25H26N6O3/c1-5-33-21-10-6-19(7-11-21)26-25(32)27-20-8-12-22(13-9-20)34-24-15-14-23(28-29-24)31-18(4)16(2)17(3)30-31/h6-15H,5H2,1-4H3,(H2,26,27,32). The zero-order valence-electron chi connectivity index (χ0n) is 19.5. The molecule has 34 heavy (non-hydrogen) atoms. The Balaban J connectivity index is 1.33. The number of aryl methyl sites for hydroxylation is 1. The van der Waals surface area contributed by atoms with Crippen LogP contribution < -0.4 is 20.1 Å². The third kappa shape index (κ3) is 5.32. The zero-order chi connectivity index (χ0) is 24.1. The third-order valence-corrected chi connectivity index (χ3v) is 5.25. The first-order chi connectivity index (χ1) is 16.4. The van der Waals surface area contributed by atoms with E-state index in [4.69, 9.17) is 9.47 Å². The van der Waals surface area contributed by atoms with Crippen LogP contribution in [-0.4, -0.2) is 32.6 Å². The second-order valence-electron chi connectivity index (χ2n) is 7.60. The van der Waals surface area contributed by atoms with E-state index >= 15 is 0 Å². The van der Waals surface area contributed by atoms with Gasteiger partial charge in [0.2, 0.25) is 5.88 Å². The number of amides is 2. The molecule has 0 aliphatic rings. The molecule has 0 unspecified atom stereocenters. The number of carbonyl (C=O) groups excluding carboxylic acids is 1. The summed E-state index contributed by atoms with van der Waals surface area (Å²) in [5.41, 5.74) is 4.40. The van der Waals surface area contributed by atoms with Crippen LogP contribution in [0.1, 0.15) is 23.9 Å². The maximum absolute atomic E-state index is 12.3. The normalized spacial score (nSPS) is 10.6. The number of carbonyl (C=O) groups is 1. The second-order valence-corrected chi connectivity index (χ2v) is 7.60. The van der Waals surface area contributed by atoms with E-state index in [9.17, 15) is 4.79 Å². The minimum atomic E-state index is -0.348. The van der Waals surface area contributed by atoms with Gasteiger partial charge in [0.1, 0.15) is 11.5 Å². The van der Waals surface area contributed by atoms with Crippen molar-refractivity contribution in [2.75, 3.05) is 17.2 Å². The summed E-state index contributed by atoms with van der Waals surface area (Å²) in [5, 5.41) is 18.4. The minimum Gasteiger partial charge on any atom is -0.494 e. The molecular formula is C25H26N6O3. The molecule has 2 heterocycles. The number of hydrogen-bond donors (Lipinski definition) is 2. The summed E-state index contributed by atoms with van der Waals surface area (Å²) in [7, 11) is 0. The molecule has 4 aromatic rings. The van der Waals surface area contributed by atoms with Crippen molar-refractivity contribution in [3.8, 4) is 23.2 Å². The van der Waals surface area contributed by atoms with Crippen molar-refractivity contribution in [3.05, 3.63) is 77.6 Å². The number of hydrogen-bond acceptors (Lipinski definition) is 6. The molecule has 0 fully saturated rings. The van der Waals surface area contributed by atoms with E-state index < -0.39 is 0 Å². The quantitative estimate of drug-likeness (QED) is 0.383. The van der Waals surface area contributed by atoms with Gasteiger partial charge in [-0.2, -0.15) is 5.10 Å². The van der Waals surface area contributed by atoms with Crippen molar-refractivity contribution in [2.24, 2.45) is 0 Å². The molecule has 0 spiro atoms. The Bertz CT molecular complexity index is 1270. The van der Waals surface area contributed by atoms with Crippen molar-refractivity contribution in [3.63, 3.8) is 0 Å². The fourth-order valence-electron chi connectivity index (χ4n) is 3.25. The highest BCUT2D eigenvalue weighted by atomic mass is 16.5. The van der Waals surface area contributed by atoms with Crippen LogP contribution in [0, 0.1) is 20.8 Å². The van der Waals surface area contributed by atoms with E-state index in [0.717, 1.165) is 22.7 Å². The summed E-state index contributed by atoms with van der Waals surface area (Å²) >= 11 is 0. The molecule has 0 aliphatic heterocycles. The van der Waals surface area contributed by atoms with Gasteiger partial charge in [-0.05, 0) is 87.9 Å². The van der Waals surface area contributed by atoms with Crippen LogP contribution in [0.25, 0.3) is 5.82 Å². The molecule has 2 amide bonds. The summed E-state index contributed by atoms with van der Waals surface area (Å²) in [6.45, 7) is 8.50. The predicted octanol–water partition coefficient (Wildman–Crippen LogP) is 5.42. The van der Waals surface area contributed by atoms with Crippen molar-refractivity contribution < 1.29 is 14.3 Å². The van der Waals surface area contributed by atoms with E-state index in [1.54, 1.807) is 59.3 Å². The third-order valence-electron chi connectivity index (χ3n) is 5.25. The van der Waals surface area contributed by atoms with Crippen LogP contribution in [0.2, 0.25) is 0 Å². The molecule has 9 heteroatoms. The van der Waals surface area contributed by atoms with Crippen molar-refractivity contribution in [1.29, 1.82) is 0 Å². The smallest absolute Gasteiger partial charge is 0.323 e. The van der Waals surface area contributed by atoms with Gasteiger partial charge >= 0.3 is 6.03 Å². The molecule has 0 radical (unpaired) electrons. The molecule has 0 bridgehead atoms. The predicted molar refractivity (Wildman–Crippen MR) is 130 cm³/mol. The van der Waals surface area contributed by atoms with Gasteiger partial charge in [0.25, 0.3) is 0 Å². The van der Waals surface area contributed by atoms with Crippen LogP contribution in [-0.2, 0) is 0 Å². The van der Waals surface area contributed by atoms with Gasteiger partial charge in [-0.15, -0.1) is 10.2 Å². The maximum atomic E-state index is 12.3. The van der Waals surface area contributed by atoms with E-state index in [1.165, 1.54) is 0 Å². The summed E-state index contributed by atoms with van der Waals surface area (Å²) in [4.78, 5) is 12.3. The Kier molecular flexibility index (Phi) is 6.72. The average Bonchev–Trinajstić information content (AvgIpc) is 3.09. The Morgan fingerprint density at radius 3 is 1.97 bits per heavy atom. The number of nitrogens with one attached hydrogen (secondary N) is 2. The monoisotopic (exact) mass is 458 g/mol. The van der Waals surface area contributed by atoms with Crippen LogP contribution in [0.3, 0.4) is 0 Å². The van der Waals surface area contributed by atoms with Gasteiger partial charge in [-0.1, -0.05) is 0 Å². The topological polar surface area (TPSA) is 103 Å². The molecule has 174 valence electrons. The van der Waals surface area contributed by atoms with E-state index in [0.29, 0.717) is 35.4 Å². The molecule has 2 aromatic heterocycles. The molecule has 4 rings (SSSR count). The van der Waals surface area contributed by atoms with Crippen LogP contribution in [0.4, 0.5) is 16.2 Å². The Labute approximate surface area is 197 Å². The van der Waals surface area contributed by atoms with Crippen molar-refractivity contribution in [2.45, 2.75) is 27.7 Å². The Morgan fingerprint density at radius 1 is 0.853 bits per heavy atom. The number of ether oxygens (including phenoxy) is 2. The fourth-order valence-corrected chi connectivity index (χ4v) is 3.25. The molecule has 0 saturated heterocycles. The summed E-state index contributed by atoms with van der Waals surface area (Å²) in [6.07, 6.45) is 0. The SMILES string of the molecule is CCOc1ccc(NC(=O)Nc2ccc(Oc3ccc(-n4nc(C)c(C)c4C)nn3)cc2)cc1. The van der Waals surface area contributed by atoms with Gasteiger partial charge in [0.05, 0.1) is 12.3 Å². The van der Waals surface area contributed by atoms with Crippen LogP contribution in [0.5, 0.6) is 17.4 Å². The van der Waals surface area contributed by atoms with Gasteiger partial charge in [-0.25, -0.2) is 9.48 Å². The molecule has 0 saturated carbocycles. The molecule has 9 nitrogen and oxygen atoms in total. The Hall–Kier alpha value is -4.40. The minimum absolute atomic E-state index is 0.348. The highest BCUT2D eigenvalue weighted by molar-refractivity contribution is 5.99. The molecule has 2 aromatic carbocycles. The number of aromatic nitrogens is 4. The Morgan fingerprint density at radius 2 is 1.47 bits per heavy atom. The van der Waals surface area contributed by atoms with Crippen molar-refractivity contribution in [1.82, 2.24) is 20.0 Å². The van der Waals surface area contributed by atoms with Gasteiger partial charge in [0.15, 0.2) is 5.82 Å². The first kappa shape index (κ1) is 22.8. The number of rotatable bonds is 7. The number of urea groups is 1. The zero-order valence-corrected chi connectivity index (χ0v) is 19.5. The van der Waals surface area contributed by atoms with E-state index in [2.05, 4.69) is 25.9 Å². The van der Waals surface area contributed by atoms with Crippen LogP contribution in [0.15, 0.2) is 60.7 Å². The second kappa shape index (κ2) is 10.0. The lowest BCUT2D eigenvalue weighted by Gasteiger charge is -2.10. The fraction of sp³-hybridized carbons (Fsp3) is 0.200. The highest BCUT2D eigenvalue weighted by Crippen LogP contribution is 2.23. The lowest BCUT2D eigenvalue weighted by Crippen LogP contribution is -2.19. The van der Waals surface area contributed by atoms with Crippen molar-refractivity contribution >= 4 is 17.4 Å². The average molecular weight is 459 g/mol. The summed E-state index contributed by atoms with van der Waals surface area (Å²) < 4.78 is 12.9.